The Morgan fingerprint density at radius 1 is 1.54 bits per heavy atom. The second kappa shape index (κ2) is 3.22. The molecule has 0 spiro atoms. The zero-order valence-corrected chi connectivity index (χ0v) is 8.78. The van der Waals surface area contributed by atoms with Gasteiger partial charge in [-0.25, -0.2) is 4.98 Å². The fourth-order valence-corrected chi connectivity index (χ4v) is 2.51. The molecule has 0 saturated heterocycles. The number of nitrogens with zero attached hydrogens (tertiary/aromatic N) is 1. The molecule has 13 heavy (non-hydrogen) atoms. The molecule has 1 aliphatic rings. The van der Waals surface area contributed by atoms with Crippen LogP contribution in [0.2, 0.25) is 0 Å². The molecule has 0 atom stereocenters. The molecule has 2 nitrogen and oxygen atoms in total. The van der Waals surface area contributed by atoms with Gasteiger partial charge in [0, 0.05) is 17.7 Å². The number of aromatic nitrogens is 1. The van der Waals surface area contributed by atoms with Crippen molar-refractivity contribution in [3.63, 3.8) is 0 Å². The Morgan fingerprint density at radius 2 is 2.23 bits per heavy atom. The fourth-order valence-electron chi connectivity index (χ4n) is 1.62. The van der Waals surface area contributed by atoms with Crippen molar-refractivity contribution in [1.29, 1.82) is 0 Å². The number of Topliss-reactive ketones (excluding diaryl/α,β-unsaturated/α-hetero) is 1. The van der Waals surface area contributed by atoms with Crippen molar-refractivity contribution >= 4 is 17.1 Å². The Balaban J connectivity index is 2.29. The number of thiazole rings is 1. The third-order valence-electron chi connectivity index (χ3n) is 2.63. The van der Waals surface area contributed by atoms with Crippen LogP contribution in [0.1, 0.15) is 52.5 Å². The molecule has 1 aliphatic carbocycles. The van der Waals surface area contributed by atoms with Crippen molar-refractivity contribution in [3.8, 4) is 0 Å². The first-order valence-electron chi connectivity index (χ1n) is 4.66. The molecule has 1 aromatic heterocycles. The molecular formula is C10H13NOS. The molecule has 0 radical (unpaired) electrons. The number of ketones is 1. The normalized spacial score (nSPS) is 17.1. The average molecular weight is 195 g/mol. The summed E-state index contributed by atoms with van der Waals surface area (Å²) in [4.78, 5) is 16.7. The summed E-state index contributed by atoms with van der Waals surface area (Å²) in [5.41, 5.74) is 1.18. The Hall–Kier alpha value is -0.700. The molecule has 3 heteroatoms. The first-order valence-corrected chi connectivity index (χ1v) is 5.48. The van der Waals surface area contributed by atoms with E-state index in [2.05, 4.69) is 11.9 Å². The first kappa shape index (κ1) is 8.88. The molecule has 0 bridgehead atoms. The van der Waals surface area contributed by atoms with Crippen LogP contribution < -0.4 is 0 Å². The predicted molar refractivity (Wildman–Crippen MR) is 53.4 cm³/mol. The van der Waals surface area contributed by atoms with E-state index in [1.165, 1.54) is 41.2 Å². The molecule has 1 saturated carbocycles. The van der Waals surface area contributed by atoms with E-state index in [0.717, 1.165) is 0 Å². The number of carbonyl (C=O) groups is 1. The highest BCUT2D eigenvalue weighted by molar-refractivity contribution is 7.13. The van der Waals surface area contributed by atoms with Crippen LogP contribution in [-0.2, 0) is 0 Å². The van der Waals surface area contributed by atoms with Crippen LogP contribution in [-0.4, -0.2) is 10.8 Å². The van der Waals surface area contributed by atoms with Gasteiger partial charge in [0.05, 0.1) is 5.69 Å². The van der Waals surface area contributed by atoms with Crippen molar-refractivity contribution in [2.75, 3.05) is 0 Å². The van der Waals surface area contributed by atoms with Crippen molar-refractivity contribution in [2.45, 2.75) is 39.0 Å². The van der Waals surface area contributed by atoms with E-state index < -0.39 is 0 Å². The lowest BCUT2D eigenvalue weighted by molar-refractivity contribution is 0.101. The van der Waals surface area contributed by atoms with Crippen molar-refractivity contribution < 1.29 is 4.79 Å². The van der Waals surface area contributed by atoms with Gasteiger partial charge in [0.1, 0.15) is 0 Å². The molecule has 0 aromatic carbocycles. The zero-order chi connectivity index (χ0) is 9.42. The summed E-state index contributed by atoms with van der Waals surface area (Å²) in [6.07, 6.45) is 3.82. The van der Waals surface area contributed by atoms with Crippen molar-refractivity contribution in [1.82, 2.24) is 4.98 Å². The molecule has 0 amide bonds. The third-order valence-corrected chi connectivity index (χ3v) is 3.71. The summed E-state index contributed by atoms with van der Waals surface area (Å²) in [5.74, 6) is 0.739. The van der Waals surface area contributed by atoms with Gasteiger partial charge in [-0.3, -0.25) is 4.79 Å². The van der Waals surface area contributed by atoms with Crippen LogP contribution >= 0.6 is 11.3 Å². The maximum absolute atomic E-state index is 11.1. The highest BCUT2D eigenvalue weighted by Crippen LogP contribution is 2.38. The van der Waals surface area contributed by atoms with Gasteiger partial charge in [-0.05, 0) is 19.8 Å². The second-order valence-corrected chi connectivity index (χ2v) is 4.85. The molecule has 0 unspecified atom stereocenters. The topological polar surface area (TPSA) is 30.0 Å². The quantitative estimate of drug-likeness (QED) is 0.679. The van der Waals surface area contributed by atoms with Gasteiger partial charge in [-0.2, -0.15) is 0 Å². The average Bonchev–Trinajstić information content (AvgIpc) is 2.29. The Morgan fingerprint density at radius 3 is 2.62 bits per heavy atom. The third kappa shape index (κ3) is 1.53. The van der Waals surface area contributed by atoms with Gasteiger partial charge in [0.15, 0.2) is 10.8 Å². The molecule has 0 aliphatic heterocycles. The second-order valence-electron chi connectivity index (χ2n) is 3.64. The summed E-state index contributed by atoms with van der Waals surface area (Å²) >= 11 is 1.54. The predicted octanol–water partition coefficient (Wildman–Crippen LogP) is 2.92. The largest absolute Gasteiger partial charge is 0.292 e. The monoisotopic (exact) mass is 195 g/mol. The summed E-state index contributed by atoms with van der Waals surface area (Å²) in [6, 6.07) is 0. The number of hydrogen-bond acceptors (Lipinski definition) is 3. The number of carbonyl (C=O) groups excluding carboxylic acids is 1. The minimum atomic E-state index is 0.0960. The lowest BCUT2D eigenvalue weighted by Crippen LogP contribution is -2.10. The van der Waals surface area contributed by atoms with Crippen LogP contribution in [0.3, 0.4) is 0 Å². The summed E-state index contributed by atoms with van der Waals surface area (Å²) in [5, 5.41) is 0.680. The van der Waals surface area contributed by atoms with E-state index in [0.29, 0.717) is 10.9 Å². The summed E-state index contributed by atoms with van der Waals surface area (Å²) in [6.45, 7) is 3.65. The maximum atomic E-state index is 11.1. The minimum Gasteiger partial charge on any atom is -0.292 e. The first-order chi connectivity index (χ1) is 6.18. The lowest BCUT2D eigenvalue weighted by Gasteiger charge is -2.23. The van der Waals surface area contributed by atoms with Gasteiger partial charge in [-0.1, -0.05) is 6.42 Å². The number of rotatable bonds is 2. The lowest BCUT2D eigenvalue weighted by atomic mass is 9.82. The van der Waals surface area contributed by atoms with E-state index >= 15 is 0 Å². The number of aryl methyl sites for hydroxylation is 1. The van der Waals surface area contributed by atoms with Crippen molar-refractivity contribution in [2.24, 2.45) is 0 Å². The van der Waals surface area contributed by atoms with E-state index in [4.69, 9.17) is 0 Å². The molecule has 1 heterocycles. The standard InChI is InChI=1S/C10H13NOS/c1-6(12)10-11-9(7(2)13-10)8-4-3-5-8/h8H,3-5H2,1-2H3. The van der Waals surface area contributed by atoms with E-state index in [-0.39, 0.29) is 5.78 Å². The van der Waals surface area contributed by atoms with Crippen LogP contribution in [0.15, 0.2) is 0 Å². The van der Waals surface area contributed by atoms with E-state index in [9.17, 15) is 4.79 Å². The molecule has 0 N–H and O–H groups in total. The maximum Gasteiger partial charge on any atom is 0.188 e. The van der Waals surface area contributed by atoms with Crippen LogP contribution in [0.25, 0.3) is 0 Å². The van der Waals surface area contributed by atoms with Gasteiger partial charge < -0.3 is 0 Å². The van der Waals surface area contributed by atoms with Gasteiger partial charge >= 0.3 is 0 Å². The highest BCUT2D eigenvalue weighted by Gasteiger charge is 2.24. The van der Waals surface area contributed by atoms with Gasteiger partial charge in [0.25, 0.3) is 0 Å². The molecule has 2 rings (SSSR count). The molecular weight excluding hydrogens is 182 g/mol. The summed E-state index contributed by atoms with van der Waals surface area (Å²) < 4.78 is 0. The minimum absolute atomic E-state index is 0.0960. The van der Waals surface area contributed by atoms with Gasteiger partial charge in [-0.15, -0.1) is 11.3 Å². The summed E-state index contributed by atoms with van der Waals surface area (Å²) in [7, 11) is 0. The van der Waals surface area contributed by atoms with E-state index in [1.807, 2.05) is 0 Å². The Labute approximate surface area is 82.0 Å². The van der Waals surface area contributed by atoms with Crippen LogP contribution in [0, 0.1) is 6.92 Å². The zero-order valence-electron chi connectivity index (χ0n) is 7.96. The molecule has 70 valence electrons. The molecule has 1 aromatic rings. The SMILES string of the molecule is CC(=O)c1nc(C2CCC2)c(C)s1. The Kier molecular flexibility index (Phi) is 2.20. The fraction of sp³-hybridized carbons (Fsp3) is 0.600. The smallest absolute Gasteiger partial charge is 0.188 e. The van der Waals surface area contributed by atoms with Crippen LogP contribution in [0.5, 0.6) is 0 Å². The Bertz CT molecular complexity index is 339. The van der Waals surface area contributed by atoms with Crippen molar-refractivity contribution in [3.05, 3.63) is 15.6 Å². The van der Waals surface area contributed by atoms with Crippen LogP contribution in [0.4, 0.5) is 0 Å². The highest BCUT2D eigenvalue weighted by atomic mass is 32.1. The van der Waals surface area contributed by atoms with Gasteiger partial charge in [0.2, 0.25) is 0 Å². The van der Waals surface area contributed by atoms with E-state index in [1.54, 1.807) is 6.92 Å². The number of hydrogen-bond donors (Lipinski definition) is 0. The molecule has 1 fully saturated rings.